The summed E-state index contributed by atoms with van der Waals surface area (Å²) in [5.74, 6) is 6.52. The molecule has 6 nitrogen and oxygen atoms in total. The van der Waals surface area contributed by atoms with E-state index in [1.807, 2.05) is 0 Å². The topological polar surface area (TPSA) is 73.9 Å². The van der Waals surface area contributed by atoms with Crippen LogP contribution >= 0.6 is 0 Å². The molecular formula is C17H21NO5. The highest BCUT2D eigenvalue weighted by atomic mass is 16.6. The zero-order valence-corrected chi connectivity index (χ0v) is 14.0. The average molecular weight is 319 g/mol. The maximum atomic E-state index is 11.5. The van der Waals surface area contributed by atoms with Gasteiger partial charge in [0.05, 0.1) is 20.8 Å². The third kappa shape index (κ3) is 5.91. The van der Waals surface area contributed by atoms with Crippen LogP contribution in [0.1, 0.15) is 36.7 Å². The minimum absolute atomic E-state index is 0.108. The number of methoxy groups -OCH3 is 2. The number of alkyl carbamates (subject to hydrolysis) is 1. The number of nitrogens with one attached hydrogen (secondary N) is 1. The monoisotopic (exact) mass is 319 g/mol. The summed E-state index contributed by atoms with van der Waals surface area (Å²) in [6.45, 7) is 5.45. The van der Waals surface area contributed by atoms with Gasteiger partial charge in [0.2, 0.25) is 0 Å². The molecular weight excluding hydrogens is 298 g/mol. The lowest BCUT2D eigenvalue weighted by Crippen LogP contribution is -2.32. The summed E-state index contributed by atoms with van der Waals surface area (Å²) in [4.78, 5) is 22.4. The molecule has 0 bridgehead atoms. The highest BCUT2D eigenvalue weighted by Gasteiger charge is 2.15. The zero-order valence-electron chi connectivity index (χ0n) is 14.0. The SMILES string of the molecule is COc1cc(C=O)cc(OC)c1C#CCNC(=O)OC(C)(C)C. The molecule has 1 N–H and O–H groups in total. The second-order valence-corrected chi connectivity index (χ2v) is 5.58. The van der Waals surface area contributed by atoms with Crippen molar-refractivity contribution in [3.63, 3.8) is 0 Å². The molecule has 124 valence electrons. The van der Waals surface area contributed by atoms with Crippen molar-refractivity contribution in [1.82, 2.24) is 5.32 Å². The number of carbonyl (C=O) groups excluding carboxylic acids is 2. The van der Waals surface area contributed by atoms with E-state index < -0.39 is 11.7 Å². The van der Waals surface area contributed by atoms with Crippen molar-refractivity contribution in [2.75, 3.05) is 20.8 Å². The largest absolute Gasteiger partial charge is 0.495 e. The standard InChI is InChI=1S/C17H21NO5/c1-17(2,3)23-16(20)18-8-6-7-13-14(21-4)9-12(11-19)10-15(13)22-5/h9-11H,8H2,1-5H3,(H,18,20). The van der Waals surface area contributed by atoms with Crippen LogP contribution in [0.5, 0.6) is 11.5 Å². The van der Waals surface area contributed by atoms with Gasteiger partial charge in [-0.05, 0) is 32.9 Å². The van der Waals surface area contributed by atoms with Gasteiger partial charge < -0.3 is 19.5 Å². The van der Waals surface area contributed by atoms with E-state index >= 15 is 0 Å². The Morgan fingerprint density at radius 1 is 1.22 bits per heavy atom. The Bertz CT molecular complexity index is 610. The number of hydrogen-bond donors (Lipinski definition) is 1. The second-order valence-electron chi connectivity index (χ2n) is 5.58. The zero-order chi connectivity index (χ0) is 17.5. The Morgan fingerprint density at radius 3 is 2.22 bits per heavy atom. The number of aldehydes is 1. The van der Waals surface area contributed by atoms with Crippen molar-refractivity contribution in [3.05, 3.63) is 23.3 Å². The third-order valence-corrected chi connectivity index (χ3v) is 2.60. The fourth-order valence-electron chi connectivity index (χ4n) is 1.69. The molecule has 1 aromatic rings. The first-order valence-corrected chi connectivity index (χ1v) is 6.97. The van der Waals surface area contributed by atoms with E-state index in [1.165, 1.54) is 14.2 Å². The predicted octanol–water partition coefficient (Wildman–Crippen LogP) is 2.39. The molecule has 1 aromatic carbocycles. The first-order chi connectivity index (χ1) is 10.8. The minimum atomic E-state index is -0.561. The average Bonchev–Trinajstić information content (AvgIpc) is 2.49. The maximum absolute atomic E-state index is 11.5. The van der Waals surface area contributed by atoms with Crippen LogP contribution in [0.15, 0.2) is 12.1 Å². The summed E-state index contributed by atoms with van der Waals surface area (Å²) in [5.41, 5.74) is 0.372. The van der Waals surface area contributed by atoms with Crippen LogP contribution in [-0.2, 0) is 4.74 Å². The van der Waals surface area contributed by atoms with Gasteiger partial charge in [0.1, 0.15) is 28.9 Å². The Labute approximate surface area is 136 Å². The van der Waals surface area contributed by atoms with Crippen molar-refractivity contribution in [2.45, 2.75) is 26.4 Å². The molecule has 0 saturated carbocycles. The predicted molar refractivity (Wildman–Crippen MR) is 86.0 cm³/mol. The Balaban J connectivity index is 2.85. The first-order valence-electron chi connectivity index (χ1n) is 6.97. The Kier molecular flexibility index (Phi) is 6.46. The molecule has 1 amide bonds. The normalized spacial score (nSPS) is 10.1. The lowest BCUT2D eigenvalue weighted by Gasteiger charge is -2.19. The molecule has 23 heavy (non-hydrogen) atoms. The van der Waals surface area contributed by atoms with Gasteiger partial charge in [0.25, 0.3) is 0 Å². The highest BCUT2D eigenvalue weighted by molar-refractivity contribution is 5.78. The van der Waals surface area contributed by atoms with Crippen molar-refractivity contribution in [1.29, 1.82) is 0 Å². The molecule has 0 heterocycles. The first kappa shape index (κ1) is 18.4. The molecule has 1 rings (SSSR count). The van der Waals surface area contributed by atoms with Crippen molar-refractivity contribution in [3.8, 4) is 23.3 Å². The van der Waals surface area contributed by atoms with E-state index in [2.05, 4.69) is 17.2 Å². The fraction of sp³-hybridized carbons (Fsp3) is 0.412. The molecule has 0 fully saturated rings. The molecule has 0 aliphatic rings. The quantitative estimate of drug-likeness (QED) is 0.681. The number of carbonyl (C=O) groups is 2. The summed E-state index contributed by atoms with van der Waals surface area (Å²) in [6, 6.07) is 3.14. The molecule has 0 aliphatic carbocycles. The van der Waals surface area contributed by atoms with Gasteiger partial charge >= 0.3 is 6.09 Å². The highest BCUT2D eigenvalue weighted by Crippen LogP contribution is 2.29. The van der Waals surface area contributed by atoms with Crippen LogP contribution in [0.2, 0.25) is 0 Å². The van der Waals surface area contributed by atoms with Crippen LogP contribution < -0.4 is 14.8 Å². The van der Waals surface area contributed by atoms with E-state index in [4.69, 9.17) is 14.2 Å². The second kappa shape index (κ2) is 8.08. The smallest absolute Gasteiger partial charge is 0.408 e. The lowest BCUT2D eigenvalue weighted by molar-refractivity contribution is 0.0535. The van der Waals surface area contributed by atoms with E-state index in [1.54, 1.807) is 32.9 Å². The van der Waals surface area contributed by atoms with Crippen molar-refractivity contribution in [2.24, 2.45) is 0 Å². The summed E-state index contributed by atoms with van der Waals surface area (Å²) < 4.78 is 15.5. The van der Waals surface area contributed by atoms with Crippen LogP contribution in [-0.4, -0.2) is 38.7 Å². The molecule has 0 spiro atoms. The maximum Gasteiger partial charge on any atom is 0.408 e. The third-order valence-electron chi connectivity index (χ3n) is 2.60. The van der Waals surface area contributed by atoms with Crippen LogP contribution in [0.4, 0.5) is 4.79 Å². The number of rotatable bonds is 4. The van der Waals surface area contributed by atoms with Gasteiger partial charge in [0.15, 0.2) is 0 Å². The molecule has 0 saturated heterocycles. The van der Waals surface area contributed by atoms with E-state index in [0.29, 0.717) is 28.9 Å². The van der Waals surface area contributed by atoms with Crippen molar-refractivity contribution < 1.29 is 23.8 Å². The fourth-order valence-corrected chi connectivity index (χ4v) is 1.69. The molecule has 0 aliphatic heterocycles. The van der Waals surface area contributed by atoms with E-state index in [-0.39, 0.29) is 6.54 Å². The Hall–Kier alpha value is -2.68. The molecule has 0 atom stereocenters. The van der Waals surface area contributed by atoms with Gasteiger partial charge in [-0.25, -0.2) is 4.79 Å². The minimum Gasteiger partial charge on any atom is -0.495 e. The van der Waals surface area contributed by atoms with Gasteiger partial charge in [-0.1, -0.05) is 11.8 Å². The number of benzene rings is 1. The van der Waals surface area contributed by atoms with Crippen LogP contribution in [0.25, 0.3) is 0 Å². The van der Waals surface area contributed by atoms with E-state index in [0.717, 1.165) is 0 Å². The summed E-state index contributed by atoms with van der Waals surface area (Å²) in [6.07, 6.45) is 0.161. The summed E-state index contributed by atoms with van der Waals surface area (Å²) in [5, 5.41) is 2.53. The lowest BCUT2D eigenvalue weighted by atomic mass is 10.1. The van der Waals surface area contributed by atoms with E-state index in [9.17, 15) is 9.59 Å². The summed E-state index contributed by atoms with van der Waals surface area (Å²) >= 11 is 0. The number of hydrogen-bond acceptors (Lipinski definition) is 5. The summed E-state index contributed by atoms with van der Waals surface area (Å²) in [7, 11) is 2.96. The molecule has 6 heteroatoms. The van der Waals surface area contributed by atoms with Gasteiger partial charge in [0, 0.05) is 5.56 Å². The van der Waals surface area contributed by atoms with Gasteiger partial charge in [-0.3, -0.25) is 4.79 Å². The Morgan fingerprint density at radius 2 is 1.78 bits per heavy atom. The van der Waals surface area contributed by atoms with Gasteiger partial charge in [-0.15, -0.1) is 0 Å². The molecule has 0 aromatic heterocycles. The molecule has 0 unspecified atom stereocenters. The molecule has 0 radical (unpaired) electrons. The van der Waals surface area contributed by atoms with Gasteiger partial charge in [-0.2, -0.15) is 0 Å². The van der Waals surface area contributed by atoms with Crippen LogP contribution in [0, 0.1) is 11.8 Å². The number of ether oxygens (including phenoxy) is 3. The number of amides is 1. The van der Waals surface area contributed by atoms with Crippen LogP contribution in [0.3, 0.4) is 0 Å². The van der Waals surface area contributed by atoms with Crippen molar-refractivity contribution >= 4 is 12.4 Å².